The Morgan fingerprint density at radius 1 is 0.519 bits per heavy atom. The summed E-state index contributed by atoms with van der Waals surface area (Å²) < 4.78 is 20.4. The van der Waals surface area contributed by atoms with Crippen LogP contribution in [-0.2, 0) is 4.52 Å². The van der Waals surface area contributed by atoms with Gasteiger partial charge in [-0.25, -0.2) is 13.6 Å². The van der Waals surface area contributed by atoms with Crippen molar-refractivity contribution in [2.45, 2.75) is 0 Å². The lowest BCUT2D eigenvalue weighted by Crippen LogP contribution is -1.87. The monoisotopic (exact) mass is 402 g/mol. The van der Waals surface area contributed by atoms with Gasteiger partial charge in [-0.05, 0) is 41.6 Å². The molecule has 0 radical (unpaired) electrons. The predicted octanol–water partition coefficient (Wildman–Crippen LogP) is 7.00. The van der Waals surface area contributed by atoms with E-state index in [1.807, 2.05) is 54.6 Å². The molecule has 3 aromatic carbocycles. The van der Waals surface area contributed by atoms with Gasteiger partial charge in [0.15, 0.2) is 17.2 Å². The highest BCUT2D eigenvalue weighted by Crippen LogP contribution is 2.30. The molecule has 3 rings (SSSR count). The van der Waals surface area contributed by atoms with Crippen LogP contribution in [-0.4, -0.2) is 7.11 Å². The van der Waals surface area contributed by atoms with E-state index in [1.165, 1.54) is 7.11 Å². The molecule has 0 aromatic heterocycles. The molecular weight excluding hydrogens is 382 g/mol. The van der Waals surface area contributed by atoms with E-state index >= 15 is 0 Å². The fourth-order valence-electron chi connectivity index (χ4n) is 1.79. The summed E-state index contributed by atoms with van der Waals surface area (Å²) in [5.41, 5.74) is 0. The zero-order chi connectivity index (χ0) is 19.3. The topological polar surface area (TPSA) is 84.6 Å². The number of hydrogen-bond acceptors (Lipinski definition) is 6. The van der Waals surface area contributed by atoms with Gasteiger partial charge < -0.3 is 0 Å². The van der Waals surface area contributed by atoms with E-state index in [0.29, 0.717) is 17.2 Å². The van der Waals surface area contributed by atoms with Crippen LogP contribution >= 0.6 is 16.3 Å². The summed E-state index contributed by atoms with van der Waals surface area (Å²) in [6.45, 7) is 0. The van der Waals surface area contributed by atoms with E-state index in [0.717, 1.165) is 0 Å². The summed E-state index contributed by atoms with van der Waals surface area (Å²) in [5, 5.41) is 14.8. The van der Waals surface area contributed by atoms with Crippen LogP contribution in [0.25, 0.3) is 0 Å². The molecule has 1 atom stereocenters. The van der Waals surface area contributed by atoms with Gasteiger partial charge >= 0.3 is 16.3 Å². The SMILES string of the molecule is CO[P+](=N)Oc1ccccc1.N=[P+](Oc1ccccc1)Oc1ccccc1. The van der Waals surface area contributed by atoms with Gasteiger partial charge in [0, 0.05) is 0 Å². The number of benzene rings is 3. The first kappa shape index (κ1) is 20.5. The lowest BCUT2D eigenvalue weighted by molar-refractivity contribution is 0.403. The highest BCUT2D eigenvalue weighted by atomic mass is 31.1. The van der Waals surface area contributed by atoms with Crippen molar-refractivity contribution in [2.75, 3.05) is 7.11 Å². The van der Waals surface area contributed by atoms with Gasteiger partial charge in [0.05, 0.1) is 7.11 Å². The Morgan fingerprint density at radius 3 is 1.11 bits per heavy atom. The van der Waals surface area contributed by atoms with Crippen LogP contribution in [0.3, 0.4) is 0 Å². The second-order valence-corrected chi connectivity index (χ2v) is 6.85. The van der Waals surface area contributed by atoms with E-state index in [2.05, 4.69) is 4.52 Å². The standard InChI is InChI=1S/C12H11NO2P.C7H9NO2P/c13-16(14-11-7-3-1-4-8-11)15-12-9-5-2-6-10-12;1-9-11(8)10-7-5-3-2-4-6-7/h1-10,13H;2-6,8H,1H3/q2*+1. The first-order chi connectivity index (χ1) is 13.2. The minimum absolute atomic E-state index is 0.652. The fourth-order valence-corrected chi connectivity index (χ4v) is 2.84. The van der Waals surface area contributed by atoms with E-state index in [9.17, 15) is 0 Å². The molecule has 0 spiro atoms. The smallest absolute Gasteiger partial charge is 0.243 e. The molecule has 0 bridgehead atoms. The molecule has 0 aliphatic rings. The fraction of sp³-hybridized carbons (Fsp3) is 0.0526. The minimum atomic E-state index is -1.68. The number of hydrogen-bond donors (Lipinski definition) is 2. The number of nitrogens with one attached hydrogen (secondary N) is 2. The molecule has 138 valence electrons. The van der Waals surface area contributed by atoms with Crippen LogP contribution in [0.2, 0.25) is 0 Å². The lowest BCUT2D eigenvalue weighted by Gasteiger charge is -1.95. The summed E-state index contributed by atoms with van der Waals surface area (Å²) in [5.74, 6) is 1.98. The summed E-state index contributed by atoms with van der Waals surface area (Å²) in [7, 11) is -1.73. The van der Waals surface area contributed by atoms with Gasteiger partial charge in [0.2, 0.25) is 0 Å². The van der Waals surface area contributed by atoms with E-state index in [4.69, 9.17) is 23.9 Å². The maximum atomic E-state index is 7.67. The molecule has 0 fully saturated rings. The summed E-state index contributed by atoms with van der Waals surface area (Å²) in [4.78, 5) is 0. The maximum Gasteiger partial charge on any atom is 0.664 e. The average Bonchev–Trinajstić information content (AvgIpc) is 2.70. The molecule has 6 nitrogen and oxygen atoms in total. The Hall–Kier alpha value is -2.78. The normalized spacial score (nSPS) is 10.0. The zero-order valence-electron chi connectivity index (χ0n) is 14.7. The summed E-state index contributed by atoms with van der Waals surface area (Å²) in [6, 6.07) is 27.7. The molecular formula is C19H20N2O4P2+2. The molecule has 1 unspecified atom stereocenters. The molecule has 0 aliphatic heterocycles. The Balaban J connectivity index is 0.000000208. The molecule has 0 saturated heterocycles. The maximum absolute atomic E-state index is 7.67. The number of rotatable bonds is 7. The molecule has 0 aliphatic carbocycles. The second-order valence-electron chi connectivity index (χ2n) is 4.91. The summed E-state index contributed by atoms with van der Waals surface area (Å²) in [6.07, 6.45) is 0. The predicted molar refractivity (Wildman–Crippen MR) is 107 cm³/mol. The largest absolute Gasteiger partial charge is 0.664 e. The third-order valence-corrected chi connectivity index (χ3v) is 4.42. The van der Waals surface area contributed by atoms with E-state index < -0.39 is 16.3 Å². The Bertz CT molecular complexity index is 791. The van der Waals surface area contributed by atoms with Crippen molar-refractivity contribution in [1.29, 1.82) is 10.3 Å². The zero-order valence-corrected chi connectivity index (χ0v) is 16.5. The lowest BCUT2D eigenvalue weighted by atomic mass is 10.3. The first-order valence-electron chi connectivity index (χ1n) is 7.93. The highest BCUT2D eigenvalue weighted by Gasteiger charge is 2.17. The van der Waals surface area contributed by atoms with Gasteiger partial charge in [0.1, 0.15) is 0 Å². The summed E-state index contributed by atoms with van der Waals surface area (Å²) >= 11 is 0. The minimum Gasteiger partial charge on any atom is -0.243 e. The van der Waals surface area contributed by atoms with E-state index in [1.54, 1.807) is 36.4 Å². The van der Waals surface area contributed by atoms with Gasteiger partial charge in [-0.1, -0.05) is 59.8 Å². The third-order valence-electron chi connectivity index (χ3n) is 2.96. The third kappa shape index (κ3) is 8.43. The quantitative estimate of drug-likeness (QED) is 0.417. The van der Waals surface area contributed by atoms with Crippen molar-refractivity contribution >= 4 is 16.3 Å². The Kier molecular flexibility index (Phi) is 8.94. The van der Waals surface area contributed by atoms with Gasteiger partial charge in [-0.2, -0.15) is 0 Å². The van der Waals surface area contributed by atoms with Gasteiger partial charge in [-0.15, -0.1) is 4.52 Å². The molecule has 3 aromatic rings. The van der Waals surface area contributed by atoms with Gasteiger partial charge in [-0.3, -0.25) is 0 Å². The molecule has 8 heteroatoms. The molecule has 0 heterocycles. The first-order valence-corrected chi connectivity index (χ1v) is 10.3. The van der Waals surface area contributed by atoms with Crippen molar-refractivity contribution in [3.63, 3.8) is 0 Å². The second kappa shape index (κ2) is 11.8. The Labute approximate surface area is 160 Å². The van der Waals surface area contributed by atoms with Crippen LogP contribution < -0.4 is 13.6 Å². The van der Waals surface area contributed by atoms with Crippen molar-refractivity contribution in [3.8, 4) is 17.2 Å². The molecule has 2 N–H and O–H groups in total. The van der Waals surface area contributed by atoms with Crippen molar-refractivity contribution < 1.29 is 18.1 Å². The Morgan fingerprint density at radius 2 is 0.815 bits per heavy atom. The molecule has 27 heavy (non-hydrogen) atoms. The van der Waals surface area contributed by atoms with Crippen LogP contribution in [0, 0.1) is 10.3 Å². The van der Waals surface area contributed by atoms with Crippen molar-refractivity contribution in [2.24, 2.45) is 0 Å². The van der Waals surface area contributed by atoms with Crippen LogP contribution in [0.15, 0.2) is 91.0 Å². The van der Waals surface area contributed by atoms with Crippen LogP contribution in [0.1, 0.15) is 0 Å². The molecule has 0 saturated carbocycles. The number of para-hydroxylation sites is 3. The van der Waals surface area contributed by atoms with E-state index in [-0.39, 0.29) is 0 Å². The van der Waals surface area contributed by atoms with Gasteiger partial charge in [0.25, 0.3) is 0 Å². The average molecular weight is 402 g/mol. The van der Waals surface area contributed by atoms with Crippen molar-refractivity contribution in [3.05, 3.63) is 91.0 Å². The van der Waals surface area contributed by atoms with Crippen LogP contribution in [0.4, 0.5) is 0 Å². The highest BCUT2D eigenvalue weighted by molar-refractivity contribution is 7.35. The molecule has 0 amide bonds. The van der Waals surface area contributed by atoms with Crippen molar-refractivity contribution in [1.82, 2.24) is 0 Å². The van der Waals surface area contributed by atoms with Crippen LogP contribution in [0.5, 0.6) is 17.2 Å².